The van der Waals surface area contributed by atoms with Crippen molar-refractivity contribution in [2.75, 3.05) is 0 Å². The van der Waals surface area contributed by atoms with E-state index in [1.165, 1.54) is 50.8 Å². The van der Waals surface area contributed by atoms with E-state index < -0.39 is 0 Å². The Balaban J connectivity index is 1.37. The summed E-state index contributed by atoms with van der Waals surface area (Å²) in [5.74, 6) is 4.14. The van der Waals surface area contributed by atoms with Gasteiger partial charge in [0.15, 0.2) is 0 Å². The third kappa shape index (κ3) is 6.71. The molecule has 52 heavy (non-hydrogen) atoms. The average molecular weight is 693 g/mol. The van der Waals surface area contributed by atoms with Gasteiger partial charge in [-0.3, -0.25) is 4.57 Å². The number of aryl methyl sites for hydroxylation is 2. The van der Waals surface area contributed by atoms with E-state index in [0.29, 0.717) is 17.8 Å². The number of hydrogen-bond acceptors (Lipinski definition) is 3. The van der Waals surface area contributed by atoms with Crippen LogP contribution in [0.4, 0.5) is 0 Å². The monoisotopic (exact) mass is 692 g/mol. The second-order valence-electron chi connectivity index (χ2n) is 16.3. The van der Waals surface area contributed by atoms with Crippen LogP contribution in [0.2, 0.25) is 0 Å². The molecule has 3 heterocycles. The van der Waals surface area contributed by atoms with E-state index in [-0.39, 0.29) is 5.41 Å². The molecule has 0 N–H and O–H groups in total. The average Bonchev–Trinajstić information content (AvgIpc) is 3.62. The molecule has 6 aromatic rings. The van der Waals surface area contributed by atoms with Gasteiger partial charge >= 0.3 is 0 Å². The van der Waals surface area contributed by atoms with Gasteiger partial charge in [-0.05, 0) is 103 Å². The molecule has 0 radical (unpaired) electrons. The van der Waals surface area contributed by atoms with Crippen LogP contribution in [0.15, 0.2) is 90.6 Å². The number of para-hydroxylation sites is 1. The van der Waals surface area contributed by atoms with Crippen molar-refractivity contribution in [3.05, 3.63) is 119 Å². The van der Waals surface area contributed by atoms with Crippen molar-refractivity contribution in [1.29, 1.82) is 0 Å². The summed E-state index contributed by atoms with van der Waals surface area (Å²) in [5.41, 5.74) is 11.3. The summed E-state index contributed by atoms with van der Waals surface area (Å²) < 4.78 is 11.4. The zero-order valence-corrected chi connectivity index (χ0v) is 32.8. The summed E-state index contributed by atoms with van der Waals surface area (Å²) in [4.78, 5) is 4.83. The zero-order valence-electron chi connectivity index (χ0n) is 32.8. The van der Waals surface area contributed by atoms with Crippen LogP contribution in [0, 0.1) is 11.8 Å². The van der Waals surface area contributed by atoms with Gasteiger partial charge in [-0.1, -0.05) is 98.1 Å². The highest BCUT2D eigenvalue weighted by Crippen LogP contribution is 2.44. The fourth-order valence-corrected chi connectivity index (χ4v) is 8.69. The maximum absolute atomic E-state index is 6.88. The third-order valence-electron chi connectivity index (χ3n) is 11.1. The number of pyridine rings is 1. The molecule has 1 aliphatic rings. The number of ether oxygens (including phenoxy) is 1. The highest BCUT2D eigenvalue weighted by atomic mass is 16.5. The number of nitrogens with zero attached hydrogens (tertiary/aromatic N) is 4. The van der Waals surface area contributed by atoms with E-state index in [1.54, 1.807) is 0 Å². The quantitative estimate of drug-likeness (QED) is 0.134. The normalized spacial score (nSPS) is 17.9. The molecular weight excluding hydrogens is 637 g/mol. The van der Waals surface area contributed by atoms with Crippen molar-refractivity contribution in [2.24, 2.45) is 11.8 Å². The van der Waals surface area contributed by atoms with Gasteiger partial charge in [-0.25, -0.2) is 9.67 Å². The Morgan fingerprint density at radius 1 is 0.827 bits per heavy atom. The minimum Gasteiger partial charge on any atom is -0.457 e. The topological polar surface area (TPSA) is 44.9 Å². The van der Waals surface area contributed by atoms with E-state index in [2.05, 4.69) is 150 Å². The van der Waals surface area contributed by atoms with Crippen LogP contribution in [-0.4, -0.2) is 19.3 Å². The van der Waals surface area contributed by atoms with Gasteiger partial charge < -0.3 is 4.74 Å². The maximum Gasteiger partial charge on any atom is 0.137 e. The SMILES string of the molecule is CCCc1nn(-c2cc(Oc3ccc4c5ccccc5n(-c5cc(CC)ccn5)c4c3)cc(C(C)(C)C)c2)c(CCC)c1C1C(C)=C[C@H](C)C[C@@H]1C. The van der Waals surface area contributed by atoms with Crippen LogP contribution in [-0.2, 0) is 24.7 Å². The second kappa shape index (κ2) is 14.4. The van der Waals surface area contributed by atoms with Gasteiger partial charge in [0.1, 0.15) is 17.3 Å². The molecule has 3 atom stereocenters. The van der Waals surface area contributed by atoms with Crippen molar-refractivity contribution >= 4 is 21.8 Å². The van der Waals surface area contributed by atoms with Gasteiger partial charge in [0.05, 0.1) is 22.4 Å². The highest BCUT2D eigenvalue weighted by Gasteiger charge is 2.33. The van der Waals surface area contributed by atoms with Crippen LogP contribution < -0.4 is 4.74 Å². The molecule has 0 amide bonds. The Kier molecular flexibility index (Phi) is 9.91. The summed E-state index contributed by atoms with van der Waals surface area (Å²) in [6.45, 7) is 20.7. The lowest BCUT2D eigenvalue weighted by molar-refractivity contribution is 0.389. The van der Waals surface area contributed by atoms with Crippen molar-refractivity contribution < 1.29 is 4.74 Å². The van der Waals surface area contributed by atoms with E-state index >= 15 is 0 Å². The van der Waals surface area contributed by atoms with E-state index in [0.717, 1.165) is 66.1 Å². The van der Waals surface area contributed by atoms with Gasteiger partial charge in [0.25, 0.3) is 0 Å². The van der Waals surface area contributed by atoms with Crippen LogP contribution in [0.3, 0.4) is 0 Å². The highest BCUT2D eigenvalue weighted by molar-refractivity contribution is 6.09. The number of allylic oxidation sites excluding steroid dienone is 2. The predicted octanol–water partition coefficient (Wildman–Crippen LogP) is 12.6. The molecule has 3 aromatic carbocycles. The Bertz CT molecular complexity index is 2260. The zero-order chi connectivity index (χ0) is 36.7. The molecule has 1 aliphatic carbocycles. The second-order valence-corrected chi connectivity index (χ2v) is 16.3. The lowest BCUT2D eigenvalue weighted by Crippen LogP contribution is -2.21. The first-order chi connectivity index (χ1) is 25.0. The predicted molar refractivity (Wildman–Crippen MR) is 218 cm³/mol. The standard InChI is InChI=1S/C47H56N4O/c1-10-15-40-46(45-31(5)23-30(4)24-32(45)6)42(16-11-2)51(49-40)35-26-34(47(7,8)9)27-37(28-35)52-36-19-20-39-38-17-13-14-18-41(38)50(43(39)29-36)44-25-33(12-3)21-22-48-44/h13-14,17-23,25-30,32,45H,10-12,15-16,24H2,1-9H3/t30-,32-,45?/m0/s1. The summed E-state index contributed by atoms with van der Waals surface area (Å²) in [5, 5.41) is 7.86. The molecule has 0 fully saturated rings. The number of hydrogen-bond donors (Lipinski definition) is 0. The van der Waals surface area contributed by atoms with Crippen molar-refractivity contribution in [3.63, 3.8) is 0 Å². The van der Waals surface area contributed by atoms with Crippen LogP contribution in [0.5, 0.6) is 11.5 Å². The Hall–Kier alpha value is -4.64. The first-order valence-electron chi connectivity index (χ1n) is 19.6. The molecule has 7 rings (SSSR count). The lowest BCUT2D eigenvalue weighted by atomic mass is 9.72. The smallest absolute Gasteiger partial charge is 0.137 e. The van der Waals surface area contributed by atoms with Crippen molar-refractivity contribution in [1.82, 2.24) is 19.3 Å². The molecule has 0 spiro atoms. The van der Waals surface area contributed by atoms with E-state index in [1.807, 2.05) is 6.20 Å². The summed E-state index contributed by atoms with van der Waals surface area (Å²) in [7, 11) is 0. The largest absolute Gasteiger partial charge is 0.457 e. The fourth-order valence-electron chi connectivity index (χ4n) is 8.69. The van der Waals surface area contributed by atoms with Crippen LogP contribution >= 0.6 is 0 Å². The Morgan fingerprint density at radius 3 is 2.33 bits per heavy atom. The van der Waals surface area contributed by atoms with Gasteiger partial charge in [-0.2, -0.15) is 5.10 Å². The summed E-state index contributed by atoms with van der Waals surface area (Å²) in [6.07, 6.45) is 10.7. The lowest BCUT2D eigenvalue weighted by Gasteiger charge is -2.33. The Labute approximate surface area is 310 Å². The van der Waals surface area contributed by atoms with Crippen molar-refractivity contribution in [2.45, 2.75) is 112 Å². The fraction of sp³-hybridized carbons (Fsp3) is 0.404. The minimum absolute atomic E-state index is 0.0824. The van der Waals surface area contributed by atoms with E-state index in [4.69, 9.17) is 14.8 Å². The van der Waals surface area contributed by atoms with Crippen molar-refractivity contribution in [3.8, 4) is 23.0 Å². The van der Waals surface area contributed by atoms with Gasteiger partial charge in [0.2, 0.25) is 0 Å². The number of benzene rings is 3. The molecule has 0 saturated heterocycles. The molecule has 270 valence electrons. The van der Waals surface area contributed by atoms with Gasteiger partial charge in [0, 0.05) is 46.3 Å². The molecule has 3 aromatic heterocycles. The number of aromatic nitrogens is 4. The molecule has 0 saturated carbocycles. The number of fused-ring (bicyclic) bond motifs is 3. The molecule has 0 aliphatic heterocycles. The van der Waals surface area contributed by atoms with Crippen LogP contribution in [0.1, 0.15) is 116 Å². The third-order valence-corrected chi connectivity index (χ3v) is 11.1. The minimum atomic E-state index is -0.0824. The van der Waals surface area contributed by atoms with Gasteiger partial charge in [-0.15, -0.1) is 0 Å². The summed E-state index contributed by atoms with van der Waals surface area (Å²) in [6, 6.07) is 26.1. The molecule has 5 nitrogen and oxygen atoms in total. The number of rotatable bonds is 10. The Morgan fingerprint density at radius 2 is 1.60 bits per heavy atom. The molecular formula is C47H56N4O. The molecule has 5 heteroatoms. The maximum atomic E-state index is 6.88. The van der Waals surface area contributed by atoms with Crippen LogP contribution in [0.25, 0.3) is 33.3 Å². The molecule has 1 unspecified atom stereocenters. The first kappa shape index (κ1) is 35.7. The van der Waals surface area contributed by atoms with E-state index in [9.17, 15) is 0 Å². The first-order valence-corrected chi connectivity index (χ1v) is 19.6. The molecule has 0 bridgehead atoms. The summed E-state index contributed by atoms with van der Waals surface area (Å²) >= 11 is 0.